The second-order valence-corrected chi connectivity index (χ2v) is 7.51. The number of piperazine rings is 1. The number of amidine groups is 1. The van der Waals surface area contributed by atoms with Crippen LogP contribution >= 0.6 is 0 Å². The minimum Gasteiger partial charge on any atom is -0.384 e. The highest BCUT2D eigenvalue weighted by Gasteiger charge is 2.19. The molecule has 0 aromatic heterocycles. The summed E-state index contributed by atoms with van der Waals surface area (Å²) >= 11 is 0. The molecule has 6 nitrogen and oxygen atoms in total. The molecule has 0 radical (unpaired) electrons. The van der Waals surface area contributed by atoms with Crippen LogP contribution < -0.4 is 5.73 Å². The highest BCUT2D eigenvalue weighted by atomic mass is 32.2. The standard InChI is InChI=1S/C14H22N4O2S/c1-17-6-8-18(9-7-17)10-11-21(19,20)13-4-2-12(3-5-13)14(15)16/h2-5H,6-11H2,1H3,(H3,15,16). The lowest BCUT2D eigenvalue weighted by Gasteiger charge is -2.32. The van der Waals surface area contributed by atoms with Crippen LogP contribution in [-0.2, 0) is 9.84 Å². The maximum Gasteiger partial charge on any atom is 0.179 e. The number of nitrogens with zero attached hydrogens (tertiary/aromatic N) is 2. The quantitative estimate of drug-likeness (QED) is 0.590. The van der Waals surface area contributed by atoms with Crippen molar-refractivity contribution in [3.8, 4) is 0 Å². The molecule has 3 N–H and O–H groups in total. The average molecular weight is 310 g/mol. The van der Waals surface area contributed by atoms with Gasteiger partial charge in [0, 0.05) is 38.3 Å². The normalized spacial score (nSPS) is 17.8. The second kappa shape index (κ2) is 6.55. The molecule has 0 atom stereocenters. The van der Waals surface area contributed by atoms with Gasteiger partial charge in [0.25, 0.3) is 0 Å². The van der Waals surface area contributed by atoms with Crippen molar-refractivity contribution in [2.75, 3.05) is 45.5 Å². The SMILES string of the molecule is CN1CCN(CCS(=O)(=O)c2ccc(C(=N)N)cc2)CC1. The molecule has 0 amide bonds. The minimum atomic E-state index is -3.28. The first-order chi connectivity index (χ1) is 9.88. The maximum absolute atomic E-state index is 12.3. The fourth-order valence-electron chi connectivity index (χ4n) is 2.28. The van der Waals surface area contributed by atoms with E-state index < -0.39 is 9.84 Å². The Bertz CT molecular complexity index is 590. The highest BCUT2D eigenvalue weighted by molar-refractivity contribution is 7.91. The third kappa shape index (κ3) is 4.26. The topological polar surface area (TPSA) is 90.5 Å². The predicted octanol–water partition coefficient (Wildman–Crippen LogP) is -0.00823. The van der Waals surface area contributed by atoms with Gasteiger partial charge < -0.3 is 10.6 Å². The molecule has 0 spiro atoms. The average Bonchev–Trinajstić information content (AvgIpc) is 2.47. The lowest BCUT2D eigenvalue weighted by atomic mass is 10.2. The zero-order chi connectivity index (χ0) is 15.5. The summed E-state index contributed by atoms with van der Waals surface area (Å²) in [5.41, 5.74) is 5.90. The van der Waals surface area contributed by atoms with Crippen LogP contribution in [0.5, 0.6) is 0 Å². The summed E-state index contributed by atoms with van der Waals surface area (Å²) in [5, 5.41) is 7.31. The number of sulfone groups is 1. The summed E-state index contributed by atoms with van der Waals surface area (Å²) in [6.07, 6.45) is 0. The van der Waals surface area contributed by atoms with Crippen LogP contribution in [0.3, 0.4) is 0 Å². The first kappa shape index (κ1) is 15.9. The van der Waals surface area contributed by atoms with E-state index in [-0.39, 0.29) is 11.6 Å². The van der Waals surface area contributed by atoms with E-state index in [4.69, 9.17) is 11.1 Å². The molecular weight excluding hydrogens is 288 g/mol. The third-order valence-corrected chi connectivity index (χ3v) is 5.51. The van der Waals surface area contributed by atoms with Crippen LogP contribution in [-0.4, -0.2) is 69.6 Å². The Kier molecular flexibility index (Phi) is 4.97. The van der Waals surface area contributed by atoms with Gasteiger partial charge in [-0.2, -0.15) is 0 Å². The van der Waals surface area contributed by atoms with Crippen LogP contribution in [0.4, 0.5) is 0 Å². The van der Waals surface area contributed by atoms with Gasteiger partial charge in [-0.15, -0.1) is 0 Å². The second-order valence-electron chi connectivity index (χ2n) is 5.40. The monoisotopic (exact) mass is 310 g/mol. The zero-order valence-electron chi connectivity index (χ0n) is 12.2. The third-order valence-electron chi connectivity index (χ3n) is 3.80. The van der Waals surface area contributed by atoms with Gasteiger partial charge in [-0.25, -0.2) is 8.42 Å². The van der Waals surface area contributed by atoms with Gasteiger partial charge in [-0.3, -0.25) is 10.3 Å². The Morgan fingerprint density at radius 1 is 1.19 bits per heavy atom. The molecule has 1 aromatic rings. The van der Waals surface area contributed by atoms with Crippen molar-refractivity contribution in [1.82, 2.24) is 9.80 Å². The van der Waals surface area contributed by atoms with Crippen LogP contribution in [0.1, 0.15) is 5.56 Å². The molecule has 1 saturated heterocycles. The zero-order valence-corrected chi connectivity index (χ0v) is 13.1. The molecule has 1 aliphatic heterocycles. The summed E-state index contributed by atoms with van der Waals surface area (Å²) in [5.74, 6) is 0.0623. The first-order valence-corrected chi connectivity index (χ1v) is 8.62. The van der Waals surface area contributed by atoms with Gasteiger partial charge in [0.15, 0.2) is 9.84 Å². The number of rotatable bonds is 5. The van der Waals surface area contributed by atoms with Crippen molar-refractivity contribution >= 4 is 15.7 Å². The van der Waals surface area contributed by atoms with Gasteiger partial charge in [0.05, 0.1) is 10.6 Å². The van der Waals surface area contributed by atoms with Crippen molar-refractivity contribution in [2.45, 2.75) is 4.90 Å². The number of hydrogen-bond acceptors (Lipinski definition) is 5. The number of nitrogens with one attached hydrogen (secondary N) is 1. The Morgan fingerprint density at radius 3 is 2.29 bits per heavy atom. The number of likely N-dealkylation sites (N-methyl/N-ethyl adjacent to an activating group) is 1. The molecule has 1 fully saturated rings. The number of benzene rings is 1. The molecule has 21 heavy (non-hydrogen) atoms. The Balaban J connectivity index is 1.96. The molecule has 1 heterocycles. The van der Waals surface area contributed by atoms with Gasteiger partial charge in [0.2, 0.25) is 0 Å². The summed E-state index contributed by atoms with van der Waals surface area (Å²) < 4.78 is 24.6. The maximum atomic E-state index is 12.3. The smallest absolute Gasteiger partial charge is 0.179 e. The van der Waals surface area contributed by atoms with E-state index in [0.717, 1.165) is 26.2 Å². The molecule has 2 rings (SSSR count). The minimum absolute atomic E-state index is 0.0589. The fourth-order valence-corrected chi connectivity index (χ4v) is 3.57. The van der Waals surface area contributed by atoms with Crippen molar-refractivity contribution in [3.63, 3.8) is 0 Å². The molecule has 7 heteroatoms. The summed E-state index contributed by atoms with van der Waals surface area (Å²) in [4.78, 5) is 4.72. The van der Waals surface area contributed by atoms with Crippen molar-refractivity contribution in [2.24, 2.45) is 5.73 Å². The van der Waals surface area contributed by atoms with E-state index >= 15 is 0 Å². The van der Waals surface area contributed by atoms with Crippen molar-refractivity contribution in [1.29, 1.82) is 5.41 Å². The molecule has 0 bridgehead atoms. The Hall–Kier alpha value is -1.44. The molecule has 0 unspecified atom stereocenters. The van der Waals surface area contributed by atoms with Gasteiger partial charge in [-0.05, 0) is 19.2 Å². The number of nitrogen functional groups attached to an aromatic ring is 1. The van der Waals surface area contributed by atoms with Crippen LogP contribution in [0, 0.1) is 5.41 Å². The van der Waals surface area contributed by atoms with Crippen LogP contribution in [0.2, 0.25) is 0 Å². The number of hydrogen-bond donors (Lipinski definition) is 2. The van der Waals surface area contributed by atoms with Crippen LogP contribution in [0.15, 0.2) is 29.2 Å². The summed E-state index contributed by atoms with van der Waals surface area (Å²) in [6.45, 7) is 4.34. The van der Waals surface area contributed by atoms with E-state index in [2.05, 4.69) is 16.8 Å². The predicted molar refractivity (Wildman–Crippen MR) is 83.4 cm³/mol. The van der Waals surface area contributed by atoms with Crippen molar-refractivity contribution < 1.29 is 8.42 Å². The van der Waals surface area contributed by atoms with E-state index in [1.54, 1.807) is 12.1 Å². The van der Waals surface area contributed by atoms with Crippen LogP contribution in [0.25, 0.3) is 0 Å². The highest BCUT2D eigenvalue weighted by Crippen LogP contribution is 2.13. The van der Waals surface area contributed by atoms with E-state index in [9.17, 15) is 8.42 Å². The molecule has 1 aliphatic rings. The largest absolute Gasteiger partial charge is 0.384 e. The molecule has 1 aromatic carbocycles. The van der Waals surface area contributed by atoms with Gasteiger partial charge in [0.1, 0.15) is 5.84 Å². The molecule has 0 aliphatic carbocycles. The molecule has 116 valence electrons. The summed E-state index contributed by atoms with van der Waals surface area (Å²) in [7, 11) is -1.21. The van der Waals surface area contributed by atoms with Crippen molar-refractivity contribution in [3.05, 3.63) is 29.8 Å². The van der Waals surface area contributed by atoms with Gasteiger partial charge >= 0.3 is 0 Å². The molecule has 0 saturated carbocycles. The van der Waals surface area contributed by atoms with E-state index in [1.807, 2.05) is 0 Å². The summed E-state index contributed by atoms with van der Waals surface area (Å²) in [6, 6.07) is 6.20. The van der Waals surface area contributed by atoms with E-state index in [1.165, 1.54) is 12.1 Å². The van der Waals surface area contributed by atoms with Gasteiger partial charge in [-0.1, -0.05) is 12.1 Å². The lowest BCUT2D eigenvalue weighted by molar-refractivity contribution is 0.161. The fraction of sp³-hybridized carbons (Fsp3) is 0.500. The molecular formula is C14H22N4O2S. The Morgan fingerprint density at radius 2 is 1.76 bits per heavy atom. The first-order valence-electron chi connectivity index (χ1n) is 6.96. The van der Waals surface area contributed by atoms with E-state index in [0.29, 0.717) is 17.0 Å². The number of nitrogens with two attached hydrogens (primary N) is 1. The lowest BCUT2D eigenvalue weighted by Crippen LogP contribution is -2.45. The Labute approximate surface area is 126 Å².